The molecule has 25 heavy (non-hydrogen) atoms. The molecule has 136 valence electrons. The first-order valence-corrected chi connectivity index (χ1v) is 9.09. The minimum Gasteiger partial charge on any atom is -0.348 e. The van der Waals surface area contributed by atoms with Gasteiger partial charge in [0.25, 0.3) is 0 Å². The van der Waals surface area contributed by atoms with Gasteiger partial charge in [-0.25, -0.2) is 0 Å². The number of halogens is 1. The van der Waals surface area contributed by atoms with Crippen LogP contribution >= 0.6 is 12.4 Å². The summed E-state index contributed by atoms with van der Waals surface area (Å²) >= 11 is 0. The summed E-state index contributed by atoms with van der Waals surface area (Å²) < 4.78 is 0. The molecule has 0 bridgehead atoms. The maximum atomic E-state index is 12.6. The van der Waals surface area contributed by atoms with E-state index >= 15 is 0 Å². The van der Waals surface area contributed by atoms with E-state index in [2.05, 4.69) is 16.0 Å². The molecule has 2 fully saturated rings. The first-order chi connectivity index (χ1) is 11.6. The third kappa shape index (κ3) is 3.67. The quantitative estimate of drug-likeness (QED) is 0.773. The molecular weight excluding hydrogens is 338 g/mol. The molecule has 3 N–H and O–H groups in total. The Morgan fingerprint density at radius 1 is 1.28 bits per heavy atom. The van der Waals surface area contributed by atoms with E-state index in [9.17, 15) is 9.59 Å². The van der Waals surface area contributed by atoms with Gasteiger partial charge in [0, 0.05) is 11.7 Å². The highest BCUT2D eigenvalue weighted by molar-refractivity contribution is 5.99. The van der Waals surface area contributed by atoms with E-state index in [1.165, 1.54) is 25.7 Å². The van der Waals surface area contributed by atoms with Crippen LogP contribution < -0.4 is 16.0 Å². The van der Waals surface area contributed by atoms with Gasteiger partial charge in [0.2, 0.25) is 11.8 Å². The molecule has 0 spiro atoms. The molecule has 1 aliphatic carbocycles. The smallest absolute Gasteiger partial charge is 0.237 e. The van der Waals surface area contributed by atoms with Crippen LogP contribution in [0.1, 0.15) is 56.2 Å². The summed E-state index contributed by atoms with van der Waals surface area (Å²) in [7, 11) is 0. The van der Waals surface area contributed by atoms with Crippen LogP contribution in [0.4, 0.5) is 5.69 Å². The molecule has 4 atom stereocenters. The van der Waals surface area contributed by atoms with Gasteiger partial charge in [0.05, 0.1) is 18.5 Å². The Bertz CT molecular complexity index is 665. The fourth-order valence-electron chi connectivity index (χ4n) is 4.44. The lowest BCUT2D eigenvalue weighted by Gasteiger charge is -2.24. The first-order valence-electron chi connectivity index (χ1n) is 9.09. The van der Waals surface area contributed by atoms with Gasteiger partial charge >= 0.3 is 0 Å². The molecule has 1 saturated heterocycles. The van der Waals surface area contributed by atoms with Gasteiger partial charge < -0.3 is 16.0 Å². The zero-order valence-electron chi connectivity index (χ0n) is 14.5. The van der Waals surface area contributed by atoms with Crippen molar-refractivity contribution in [3.05, 3.63) is 29.3 Å². The van der Waals surface area contributed by atoms with E-state index in [0.717, 1.165) is 23.2 Å². The fourth-order valence-corrected chi connectivity index (χ4v) is 4.44. The number of hydrogen-bond donors (Lipinski definition) is 3. The lowest BCUT2D eigenvalue weighted by atomic mass is 9.85. The second-order valence-corrected chi connectivity index (χ2v) is 7.48. The molecule has 4 rings (SSSR count). The monoisotopic (exact) mass is 363 g/mol. The van der Waals surface area contributed by atoms with E-state index in [-0.39, 0.29) is 36.3 Å². The van der Waals surface area contributed by atoms with Crippen molar-refractivity contribution in [2.24, 2.45) is 5.92 Å². The van der Waals surface area contributed by atoms with Crippen molar-refractivity contribution in [1.82, 2.24) is 10.6 Å². The maximum absolute atomic E-state index is 12.6. The predicted molar refractivity (Wildman–Crippen MR) is 99.9 cm³/mol. The molecule has 1 aromatic carbocycles. The summed E-state index contributed by atoms with van der Waals surface area (Å²) in [6.45, 7) is 2.01. The topological polar surface area (TPSA) is 70.2 Å². The molecular formula is C19H26ClN3O2. The molecule has 1 saturated carbocycles. The van der Waals surface area contributed by atoms with Crippen molar-refractivity contribution >= 4 is 29.9 Å². The average Bonchev–Trinajstić information content (AvgIpc) is 3.15. The Morgan fingerprint density at radius 2 is 2.08 bits per heavy atom. The highest BCUT2D eigenvalue weighted by Crippen LogP contribution is 2.33. The van der Waals surface area contributed by atoms with Crippen LogP contribution in [0.5, 0.6) is 0 Å². The maximum Gasteiger partial charge on any atom is 0.237 e. The Hall–Kier alpha value is -1.59. The van der Waals surface area contributed by atoms with Gasteiger partial charge in [-0.05, 0) is 49.3 Å². The molecule has 4 unspecified atom stereocenters. The molecule has 5 nitrogen and oxygen atoms in total. The van der Waals surface area contributed by atoms with Crippen LogP contribution in [0.3, 0.4) is 0 Å². The van der Waals surface area contributed by atoms with Crippen molar-refractivity contribution in [3.63, 3.8) is 0 Å². The number of carbonyl (C=O) groups excluding carboxylic acids is 2. The molecule has 3 aliphatic rings. The molecule has 2 aliphatic heterocycles. The number of anilines is 1. The average molecular weight is 364 g/mol. The van der Waals surface area contributed by atoms with E-state index in [1.807, 2.05) is 25.1 Å². The minimum absolute atomic E-state index is 0. The fraction of sp³-hybridized carbons (Fsp3) is 0.579. The van der Waals surface area contributed by atoms with Crippen molar-refractivity contribution in [3.8, 4) is 0 Å². The van der Waals surface area contributed by atoms with Crippen LogP contribution in [0.2, 0.25) is 0 Å². The third-order valence-electron chi connectivity index (χ3n) is 5.79. The number of carbonyl (C=O) groups is 2. The molecule has 2 amide bonds. The van der Waals surface area contributed by atoms with Crippen molar-refractivity contribution in [2.75, 3.05) is 5.32 Å². The van der Waals surface area contributed by atoms with Crippen molar-refractivity contribution < 1.29 is 9.59 Å². The number of nitrogens with one attached hydrogen (secondary N) is 3. The van der Waals surface area contributed by atoms with Crippen molar-refractivity contribution in [2.45, 2.75) is 63.6 Å². The van der Waals surface area contributed by atoms with Crippen LogP contribution in [0.25, 0.3) is 0 Å². The lowest BCUT2D eigenvalue weighted by molar-refractivity contribution is -0.123. The Balaban J connectivity index is 0.00000182. The van der Waals surface area contributed by atoms with E-state index in [1.54, 1.807) is 0 Å². The summed E-state index contributed by atoms with van der Waals surface area (Å²) in [5, 5.41) is 9.51. The number of rotatable bonds is 3. The first kappa shape index (κ1) is 18.2. The normalized spacial score (nSPS) is 28.4. The summed E-state index contributed by atoms with van der Waals surface area (Å²) in [6, 6.07) is 6.36. The van der Waals surface area contributed by atoms with Gasteiger partial charge in [-0.2, -0.15) is 0 Å². The van der Waals surface area contributed by atoms with E-state index in [0.29, 0.717) is 18.4 Å². The van der Waals surface area contributed by atoms with Crippen LogP contribution in [0, 0.1) is 5.92 Å². The highest BCUT2D eigenvalue weighted by atomic mass is 35.5. The largest absolute Gasteiger partial charge is 0.348 e. The van der Waals surface area contributed by atoms with E-state index < -0.39 is 0 Å². The standard InChI is InChI=1S/C19H25N3O2.ClH/c1-11(12-6-7-16-14(8-12)10-18(23)22-16)20-19(24)17-9-13-4-2-3-5-15(13)21-17;/h6-8,11,13,15,17,21H,2-5,9-10H2,1H3,(H,20,24)(H,22,23);1H. The van der Waals surface area contributed by atoms with Gasteiger partial charge in [0.15, 0.2) is 0 Å². The van der Waals surface area contributed by atoms with Crippen LogP contribution in [-0.4, -0.2) is 23.9 Å². The Labute approximate surface area is 154 Å². The minimum atomic E-state index is -0.0572. The van der Waals surface area contributed by atoms with Gasteiger partial charge in [0.1, 0.15) is 0 Å². The van der Waals surface area contributed by atoms with Crippen LogP contribution in [-0.2, 0) is 16.0 Å². The molecule has 6 heteroatoms. The number of benzene rings is 1. The number of fused-ring (bicyclic) bond motifs is 2. The second-order valence-electron chi connectivity index (χ2n) is 7.48. The summed E-state index contributed by atoms with van der Waals surface area (Å²) in [5.74, 6) is 0.810. The van der Waals surface area contributed by atoms with E-state index in [4.69, 9.17) is 0 Å². The zero-order valence-corrected chi connectivity index (χ0v) is 15.3. The number of amides is 2. The van der Waals surface area contributed by atoms with Gasteiger partial charge in [-0.15, -0.1) is 12.4 Å². The van der Waals surface area contributed by atoms with Crippen LogP contribution in [0.15, 0.2) is 18.2 Å². The predicted octanol–water partition coefficient (Wildman–Crippen LogP) is 2.70. The third-order valence-corrected chi connectivity index (χ3v) is 5.79. The summed E-state index contributed by atoms with van der Waals surface area (Å²) in [5.41, 5.74) is 2.96. The Kier molecular flexibility index (Phi) is 5.35. The number of hydrogen-bond acceptors (Lipinski definition) is 3. The summed E-state index contributed by atoms with van der Waals surface area (Å²) in [4.78, 5) is 24.1. The molecule has 2 heterocycles. The van der Waals surface area contributed by atoms with Gasteiger partial charge in [-0.3, -0.25) is 9.59 Å². The zero-order chi connectivity index (χ0) is 16.7. The molecule has 0 aromatic heterocycles. The SMILES string of the molecule is CC(NC(=O)C1CC2CCCCC2N1)c1ccc2c(c1)CC(=O)N2.Cl. The van der Waals surface area contributed by atoms with Gasteiger partial charge in [-0.1, -0.05) is 25.0 Å². The molecule has 1 aromatic rings. The van der Waals surface area contributed by atoms with Crippen molar-refractivity contribution in [1.29, 1.82) is 0 Å². The second kappa shape index (κ2) is 7.34. The Morgan fingerprint density at radius 3 is 2.88 bits per heavy atom. The summed E-state index contributed by atoms with van der Waals surface area (Å²) in [6.07, 6.45) is 6.43. The lowest BCUT2D eigenvalue weighted by Crippen LogP contribution is -2.43. The molecule has 0 radical (unpaired) electrons. The highest BCUT2D eigenvalue weighted by Gasteiger charge is 2.38.